The number of hydrogen-bond acceptors (Lipinski definition) is 7. The molecule has 152 valence electrons. The molecule has 0 spiro atoms. The first-order valence-corrected chi connectivity index (χ1v) is 9.23. The Balaban J connectivity index is 1.65. The number of nitrogens with one attached hydrogen (secondary N) is 1. The van der Waals surface area contributed by atoms with Crippen molar-refractivity contribution in [1.29, 1.82) is 0 Å². The van der Waals surface area contributed by atoms with Gasteiger partial charge in [0.1, 0.15) is 12.7 Å². The zero-order valence-electron chi connectivity index (χ0n) is 16.2. The van der Waals surface area contributed by atoms with Crippen LogP contribution in [-0.2, 0) is 6.54 Å². The Morgan fingerprint density at radius 3 is 2.62 bits per heavy atom. The molecule has 3 aromatic rings. The number of aromatic nitrogens is 5. The number of carbonyl (C=O) groups excluding carboxylic acids is 1. The zero-order valence-corrected chi connectivity index (χ0v) is 16.2. The van der Waals surface area contributed by atoms with Crippen LogP contribution in [0.2, 0.25) is 0 Å². The van der Waals surface area contributed by atoms with Crippen LogP contribution in [0.15, 0.2) is 47.8 Å². The molecular weight excluding hydrogens is 376 g/mol. The molecule has 0 radical (unpaired) electrons. The van der Waals surface area contributed by atoms with E-state index < -0.39 is 0 Å². The molecule has 1 N–H and O–H groups in total. The Hall–Kier alpha value is -3.69. The molecule has 0 aliphatic carbocycles. The van der Waals surface area contributed by atoms with E-state index in [4.69, 9.17) is 9.47 Å². The van der Waals surface area contributed by atoms with E-state index in [1.165, 1.54) is 28.1 Å². The van der Waals surface area contributed by atoms with Crippen molar-refractivity contribution < 1.29 is 14.3 Å². The molecule has 3 rings (SSSR count). The van der Waals surface area contributed by atoms with Crippen molar-refractivity contribution >= 4 is 5.91 Å². The van der Waals surface area contributed by atoms with Gasteiger partial charge in [0.25, 0.3) is 11.5 Å². The highest BCUT2D eigenvalue weighted by Gasteiger charge is 2.12. The van der Waals surface area contributed by atoms with Gasteiger partial charge in [-0.15, -0.1) is 5.10 Å². The van der Waals surface area contributed by atoms with Crippen LogP contribution in [0.25, 0.3) is 5.82 Å². The van der Waals surface area contributed by atoms with Gasteiger partial charge in [0, 0.05) is 18.2 Å². The standard InChI is InChI=1S/C19H22N6O4/c1-3-28-15-6-5-14(11-16(15)29-4-2)19(27)21-9-10-24-18(26)8-7-17(23-24)25-13-20-12-22-25/h5-8,11-13H,3-4,9-10H2,1-2H3,(H,21,27). The summed E-state index contributed by atoms with van der Waals surface area (Å²) >= 11 is 0. The maximum absolute atomic E-state index is 12.5. The third-order valence-corrected chi connectivity index (χ3v) is 3.92. The van der Waals surface area contributed by atoms with Crippen LogP contribution >= 0.6 is 0 Å². The summed E-state index contributed by atoms with van der Waals surface area (Å²) in [5, 5.41) is 11.0. The molecule has 0 unspecified atom stereocenters. The van der Waals surface area contributed by atoms with Crippen LogP contribution in [0.1, 0.15) is 24.2 Å². The molecule has 0 atom stereocenters. The Labute approximate surface area is 167 Å². The minimum Gasteiger partial charge on any atom is -0.490 e. The fourth-order valence-corrected chi connectivity index (χ4v) is 2.62. The molecule has 1 amide bonds. The predicted octanol–water partition coefficient (Wildman–Crippen LogP) is 1.05. The zero-order chi connectivity index (χ0) is 20.6. The number of nitrogens with zero attached hydrogens (tertiary/aromatic N) is 5. The van der Waals surface area contributed by atoms with E-state index in [9.17, 15) is 9.59 Å². The summed E-state index contributed by atoms with van der Waals surface area (Å²) in [6, 6.07) is 7.96. The van der Waals surface area contributed by atoms with Gasteiger partial charge in [-0.1, -0.05) is 0 Å². The lowest BCUT2D eigenvalue weighted by atomic mass is 10.2. The predicted molar refractivity (Wildman–Crippen MR) is 105 cm³/mol. The van der Waals surface area contributed by atoms with Gasteiger partial charge in [0.2, 0.25) is 0 Å². The SMILES string of the molecule is CCOc1ccc(C(=O)NCCn2nc(-n3cncn3)ccc2=O)cc1OCC. The maximum atomic E-state index is 12.5. The van der Waals surface area contributed by atoms with Gasteiger partial charge in [0.15, 0.2) is 17.3 Å². The van der Waals surface area contributed by atoms with Crippen molar-refractivity contribution in [1.82, 2.24) is 29.9 Å². The van der Waals surface area contributed by atoms with Gasteiger partial charge in [-0.2, -0.15) is 5.10 Å². The van der Waals surface area contributed by atoms with Crippen molar-refractivity contribution in [2.45, 2.75) is 20.4 Å². The summed E-state index contributed by atoms with van der Waals surface area (Å²) in [6.45, 7) is 5.14. The van der Waals surface area contributed by atoms with E-state index in [0.29, 0.717) is 36.1 Å². The first-order chi connectivity index (χ1) is 14.1. The maximum Gasteiger partial charge on any atom is 0.266 e. The molecule has 10 nitrogen and oxygen atoms in total. The second kappa shape index (κ2) is 9.49. The van der Waals surface area contributed by atoms with Crippen LogP contribution in [0.3, 0.4) is 0 Å². The summed E-state index contributed by atoms with van der Waals surface area (Å²) in [5.41, 5.74) is 0.163. The summed E-state index contributed by atoms with van der Waals surface area (Å²) in [4.78, 5) is 28.3. The van der Waals surface area contributed by atoms with Crippen molar-refractivity contribution in [3.05, 3.63) is 58.9 Å². The van der Waals surface area contributed by atoms with E-state index in [-0.39, 0.29) is 24.6 Å². The first-order valence-electron chi connectivity index (χ1n) is 9.23. The van der Waals surface area contributed by atoms with Gasteiger partial charge >= 0.3 is 0 Å². The second-order valence-electron chi connectivity index (χ2n) is 5.88. The molecule has 0 saturated heterocycles. The van der Waals surface area contributed by atoms with Gasteiger partial charge in [-0.3, -0.25) is 9.59 Å². The van der Waals surface area contributed by atoms with Gasteiger partial charge < -0.3 is 14.8 Å². The van der Waals surface area contributed by atoms with E-state index in [0.717, 1.165) is 0 Å². The third-order valence-electron chi connectivity index (χ3n) is 3.92. The number of ether oxygens (including phenoxy) is 2. The average Bonchev–Trinajstić information content (AvgIpc) is 3.26. The van der Waals surface area contributed by atoms with Crippen LogP contribution < -0.4 is 20.3 Å². The van der Waals surface area contributed by atoms with E-state index in [1.54, 1.807) is 24.3 Å². The number of benzene rings is 1. The van der Waals surface area contributed by atoms with Gasteiger partial charge in [-0.05, 0) is 38.1 Å². The number of rotatable bonds is 9. The minimum absolute atomic E-state index is 0.211. The van der Waals surface area contributed by atoms with Crippen molar-refractivity contribution in [2.24, 2.45) is 0 Å². The molecule has 2 aromatic heterocycles. The van der Waals surface area contributed by atoms with Crippen LogP contribution in [0.5, 0.6) is 11.5 Å². The van der Waals surface area contributed by atoms with Crippen molar-refractivity contribution in [3.63, 3.8) is 0 Å². The average molecular weight is 398 g/mol. The van der Waals surface area contributed by atoms with E-state index in [1.807, 2.05) is 13.8 Å². The van der Waals surface area contributed by atoms with Gasteiger partial charge in [-0.25, -0.2) is 14.3 Å². The molecule has 0 bridgehead atoms. The van der Waals surface area contributed by atoms with Crippen molar-refractivity contribution in [2.75, 3.05) is 19.8 Å². The Bertz CT molecular complexity index is 1020. The van der Waals surface area contributed by atoms with E-state index >= 15 is 0 Å². The van der Waals surface area contributed by atoms with E-state index in [2.05, 4.69) is 20.5 Å². The molecule has 0 aliphatic rings. The van der Waals surface area contributed by atoms with Crippen LogP contribution in [0.4, 0.5) is 0 Å². The molecule has 0 saturated carbocycles. The second-order valence-corrected chi connectivity index (χ2v) is 5.88. The highest BCUT2D eigenvalue weighted by molar-refractivity contribution is 5.94. The molecule has 29 heavy (non-hydrogen) atoms. The fourth-order valence-electron chi connectivity index (χ4n) is 2.62. The number of amides is 1. The monoisotopic (exact) mass is 398 g/mol. The largest absolute Gasteiger partial charge is 0.490 e. The Morgan fingerprint density at radius 2 is 1.90 bits per heavy atom. The Morgan fingerprint density at radius 1 is 1.10 bits per heavy atom. The highest BCUT2D eigenvalue weighted by Crippen LogP contribution is 2.28. The summed E-state index contributed by atoms with van der Waals surface area (Å²) in [7, 11) is 0. The van der Waals surface area contributed by atoms with Gasteiger partial charge in [0.05, 0.1) is 19.8 Å². The third kappa shape index (κ3) is 4.98. The number of hydrogen-bond donors (Lipinski definition) is 1. The molecule has 2 heterocycles. The lowest BCUT2D eigenvalue weighted by molar-refractivity contribution is 0.0951. The molecule has 0 aliphatic heterocycles. The number of carbonyl (C=O) groups is 1. The molecule has 1 aromatic carbocycles. The molecular formula is C19H22N6O4. The fraction of sp³-hybridized carbons (Fsp3) is 0.316. The summed E-state index contributed by atoms with van der Waals surface area (Å²) < 4.78 is 13.8. The summed E-state index contributed by atoms with van der Waals surface area (Å²) in [6.07, 6.45) is 2.87. The highest BCUT2D eigenvalue weighted by atomic mass is 16.5. The summed E-state index contributed by atoms with van der Waals surface area (Å²) in [5.74, 6) is 1.28. The minimum atomic E-state index is -0.283. The lowest BCUT2D eigenvalue weighted by Gasteiger charge is -2.12. The van der Waals surface area contributed by atoms with Crippen LogP contribution in [0, 0.1) is 0 Å². The van der Waals surface area contributed by atoms with Crippen molar-refractivity contribution in [3.8, 4) is 17.3 Å². The normalized spacial score (nSPS) is 10.6. The lowest BCUT2D eigenvalue weighted by Crippen LogP contribution is -2.32. The smallest absolute Gasteiger partial charge is 0.266 e. The quantitative estimate of drug-likeness (QED) is 0.573. The van der Waals surface area contributed by atoms with Crippen LogP contribution in [-0.4, -0.2) is 50.2 Å². The Kier molecular flexibility index (Phi) is 6.56. The molecule has 10 heteroatoms. The topological polar surface area (TPSA) is 113 Å². The molecule has 0 fully saturated rings. The first kappa shape index (κ1) is 20.1.